The lowest BCUT2D eigenvalue weighted by atomic mass is 10.2. The molecule has 0 radical (unpaired) electrons. The molecule has 102 valence electrons. The molecule has 0 aliphatic heterocycles. The molecule has 0 spiro atoms. The highest BCUT2D eigenvalue weighted by atomic mass is 79.9. The summed E-state index contributed by atoms with van der Waals surface area (Å²) in [5.41, 5.74) is 1.54. The standard InChI is InChI=1S/C12H14BrN3O2S/c1-3-16-7-12(14-8-16)19(17,18)15-10-5-4-9(2)11(13)6-10/h4-8,15H,3H2,1-2H3. The van der Waals surface area contributed by atoms with Crippen molar-refractivity contribution in [3.05, 3.63) is 40.8 Å². The number of rotatable bonds is 4. The first-order valence-electron chi connectivity index (χ1n) is 5.73. The number of imidazole rings is 1. The van der Waals surface area contributed by atoms with Crippen LogP contribution >= 0.6 is 15.9 Å². The zero-order valence-electron chi connectivity index (χ0n) is 10.6. The van der Waals surface area contributed by atoms with Gasteiger partial charge in [0.2, 0.25) is 0 Å². The number of sulfonamides is 1. The lowest BCUT2D eigenvalue weighted by Crippen LogP contribution is -2.13. The van der Waals surface area contributed by atoms with Crippen LogP contribution in [0.5, 0.6) is 0 Å². The molecule has 5 nitrogen and oxygen atoms in total. The van der Waals surface area contributed by atoms with E-state index in [0.29, 0.717) is 12.2 Å². The van der Waals surface area contributed by atoms with Gasteiger partial charge in [-0.2, -0.15) is 8.42 Å². The van der Waals surface area contributed by atoms with Crippen molar-refractivity contribution in [2.24, 2.45) is 0 Å². The van der Waals surface area contributed by atoms with Gasteiger partial charge in [-0.3, -0.25) is 4.72 Å². The molecule has 0 saturated heterocycles. The minimum Gasteiger partial charge on any atom is -0.336 e. The number of nitrogens with one attached hydrogen (secondary N) is 1. The summed E-state index contributed by atoms with van der Waals surface area (Å²) in [4.78, 5) is 3.90. The topological polar surface area (TPSA) is 64.0 Å². The Hall–Kier alpha value is -1.34. The molecule has 1 N–H and O–H groups in total. The largest absolute Gasteiger partial charge is 0.336 e. The van der Waals surface area contributed by atoms with Crippen molar-refractivity contribution in [2.75, 3.05) is 4.72 Å². The molecule has 0 aliphatic carbocycles. The highest BCUT2D eigenvalue weighted by molar-refractivity contribution is 9.10. The van der Waals surface area contributed by atoms with Crippen LogP contribution in [0.25, 0.3) is 0 Å². The maximum Gasteiger partial charge on any atom is 0.280 e. The molecule has 19 heavy (non-hydrogen) atoms. The van der Waals surface area contributed by atoms with Gasteiger partial charge in [-0.25, -0.2) is 4.98 Å². The van der Waals surface area contributed by atoms with Gasteiger partial charge >= 0.3 is 0 Å². The van der Waals surface area contributed by atoms with Gasteiger partial charge in [0, 0.05) is 17.2 Å². The molecule has 7 heteroatoms. The van der Waals surface area contributed by atoms with E-state index in [1.807, 2.05) is 19.9 Å². The van der Waals surface area contributed by atoms with Crippen LogP contribution in [-0.4, -0.2) is 18.0 Å². The summed E-state index contributed by atoms with van der Waals surface area (Å²) in [6.45, 7) is 4.53. The molecule has 0 saturated carbocycles. The number of aryl methyl sites for hydroxylation is 2. The normalized spacial score (nSPS) is 11.5. The van der Waals surface area contributed by atoms with Crippen molar-refractivity contribution >= 4 is 31.6 Å². The number of halogens is 1. The van der Waals surface area contributed by atoms with Crippen LogP contribution in [0.3, 0.4) is 0 Å². The monoisotopic (exact) mass is 343 g/mol. The van der Waals surface area contributed by atoms with Crippen molar-refractivity contribution in [2.45, 2.75) is 25.4 Å². The molecule has 0 unspecified atom stereocenters. The molecule has 0 amide bonds. The van der Waals surface area contributed by atoms with Crippen LogP contribution in [0.2, 0.25) is 0 Å². The van der Waals surface area contributed by atoms with Gasteiger partial charge in [0.05, 0.1) is 12.0 Å². The predicted molar refractivity (Wildman–Crippen MR) is 77.6 cm³/mol. The lowest BCUT2D eigenvalue weighted by molar-refractivity contribution is 0.598. The molecule has 1 heterocycles. The molecular formula is C12H14BrN3O2S. The van der Waals surface area contributed by atoms with Gasteiger partial charge in [-0.1, -0.05) is 22.0 Å². The van der Waals surface area contributed by atoms with E-state index in [1.165, 1.54) is 12.5 Å². The zero-order chi connectivity index (χ0) is 14.0. The van der Waals surface area contributed by atoms with E-state index in [-0.39, 0.29) is 5.03 Å². The minimum atomic E-state index is -3.63. The third kappa shape index (κ3) is 3.16. The van der Waals surface area contributed by atoms with Crippen molar-refractivity contribution in [1.29, 1.82) is 0 Å². The first-order valence-corrected chi connectivity index (χ1v) is 8.00. The predicted octanol–water partition coefficient (Wildman–Crippen LogP) is 2.77. The highest BCUT2D eigenvalue weighted by Gasteiger charge is 2.17. The third-order valence-electron chi connectivity index (χ3n) is 2.67. The SMILES string of the molecule is CCn1cnc(S(=O)(=O)Nc2ccc(C)c(Br)c2)c1. The zero-order valence-corrected chi connectivity index (χ0v) is 13.0. The Morgan fingerprint density at radius 1 is 1.42 bits per heavy atom. The lowest BCUT2D eigenvalue weighted by Gasteiger charge is -2.07. The summed E-state index contributed by atoms with van der Waals surface area (Å²) >= 11 is 3.37. The first kappa shape index (κ1) is 14.1. The average Bonchev–Trinajstić information content (AvgIpc) is 2.83. The third-order valence-corrected chi connectivity index (χ3v) is 4.79. The van der Waals surface area contributed by atoms with Crippen molar-refractivity contribution in [3.8, 4) is 0 Å². The maximum atomic E-state index is 12.1. The van der Waals surface area contributed by atoms with Gasteiger partial charge in [-0.15, -0.1) is 0 Å². The first-order chi connectivity index (χ1) is 8.92. The number of hydrogen-bond donors (Lipinski definition) is 1. The summed E-state index contributed by atoms with van der Waals surface area (Å²) < 4.78 is 29.3. The fourth-order valence-corrected chi connectivity index (χ4v) is 2.90. The van der Waals surface area contributed by atoms with Crippen LogP contribution in [-0.2, 0) is 16.6 Å². The second-order valence-electron chi connectivity index (χ2n) is 4.11. The quantitative estimate of drug-likeness (QED) is 0.928. The fourth-order valence-electron chi connectivity index (χ4n) is 1.52. The van der Waals surface area contributed by atoms with Crippen LogP contribution in [0.4, 0.5) is 5.69 Å². The van der Waals surface area contributed by atoms with E-state index < -0.39 is 10.0 Å². The van der Waals surface area contributed by atoms with Crippen molar-refractivity contribution < 1.29 is 8.42 Å². The number of nitrogens with zero attached hydrogens (tertiary/aromatic N) is 2. The van der Waals surface area contributed by atoms with Crippen molar-refractivity contribution in [3.63, 3.8) is 0 Å². The van der Waals surface area contributed by atoms with E-state index in [1.54, 1.807) is 16.7 Å². The van der Waals surface area contributed by atoms with Gasteiger partial charge < -0.3 is 4.57 Å². The summed E-state index contributed by atoms with van der Waals surface area (Å²) in [5, 5.41) is 0.0195. The summed E-state index contributed by atoms with van der Waals surface area (Å²) in [6.07, 6.45) is 3.01. The molecule has 2 aromatic rings. The molecule has 0 bridgehead atoms. The van der Waals surface area contributed by atoms with E-state index in [0.717, 1.165) is 10.0 Å². The van der Waals surface area contributed by atoms with E-state index >= 15 is 0 Å². The molecule has 1 aromatic heterocycles. The number of aromatic nitrogens is 2. The molecule has 0 atom stereocenters. The summed E-state index contributed by atoms with van der Waals surface area (Å²) in [5.74, 6) is 0. The Morgan fingerprint density at radius 3 is 2.74 bits per heavy atom. The number of anilines is 1. The van der Waals surface area contributed by atoms with Crippen LogP contribution in [0.1, 0.15) is 12.5 Å². The van der Waals surface area contributed by atoms with E-state index in [2.05, 4.69) is 25.6 Å². The van der Waals surface area contributed by atoms with Gasteiger partial charge in [0.1, 0.15) is 0 Å². The summed E-state index contributed by atoms with van der Waals surface area (Å²) in [7, 11) is -3.63. The maximum absolute atomic E-state index is 12.1. The Kier molecular flexibility index (Phi) is 3.96. The Bertz CT molecular complexity index is 695. The molecule has 0 aliphatic rings. The smallest absolute Gasteiger partial charge is 0.280 e. The van der Waals surface area contributed by atoms with Crippen molar-refractivity contribution in [1.82, 2.24) is 9.55 Å². The fraction of sp³-hybridized carbons (Fsp3) is 0.250. The van der Waals surface area contributed by atoms with Crippen LogP contribution in [0.15, 0.2) is 40.2 Å². The molecule has 0 fully saturated rings. The number of hydrogen-bond acceptors (Lipinski definition) is 3. The second kappa shape index (κ2) is 5.34. The van der Waals surface area contributed by atoms with E-state index in [4.69, 9.17) is 0 Å². The van der Waals surface area contributed by atoms with Crippen LogP contribution < -0.4 is 4.72 Å². The van der Waals surface area contributed by atoms with Crippen LogP contribution in [0, 0.1) is 6.92 Å². The Balaban J connectivity index is 2.28. The average molecular weight is 344 g/mol. The minimum absolute atomic E-state index is 0.0195. The van der Waals surface area contributed by atoms with Gasteiger partial charge in [0.15, 0.2) is 5.03 Å². The Morgan fingerprint density at radius 2 is 2.16 bits per heavy atom. The summed E-state index contributed by atoms with van der Waals surface area (Å²) in [6, 6.07) is 5.28. The molecular weight excluding hydrogens is 330 g/mol. The molecule has 1 aromatic carbocycles. The number of benzene rings is 1. The Labute approximate surface area is 120 Å². The highest BCUT2D eigenvalue weighted by Crippen LogP contribution is 2.22. The molecule has 2 rings (SSSR count). The van der Waals surface area contributed by atoms with Gasteiger partial charge in [-0.05, 0) is 31.5 Å². The second-order valence-corrected chi connectivity index (χ2v) is 6.60. The van der Waals surface area contributed by atoms with Gasteiger partial charge in [0.25, 0.3) is 10.0 Å². The van der Waals surface area contributed by atoms with E-state index in [9.17, 15) is 8.42 Å².